The summed E-state index contributed by atoms with van der Waals surface area (Å²) in [6.07, 6.45) is 1.75. The normalized spacial score (nSPS) is 12.0. The van der Waals surface area contributed by atoms with Crippen molar-refractivity contribution in [3.63, 3.8) is 0 Å². The number of ether oxygens (including phenoxy) is 2. The fourth-order valence-electron chi connectivity index (χ4n) is 1.77. The Hall–Kier alpha value is -2.63. The molecule has 0 bridgehead atoms. The van der Waals surface area contributed by atoms with E-state index in [4.69, 9.17) is 9.47 Å². The highest BCUT2D eigenvalue weighted by Crippen LogP contribution is 2.13. The van der Waals surface area contributed by atoms with Crippen LogP contribution in [0.3, 0.4) is 0 Å². The molecular formula is C17H21NO5. The Morgan fingerprint density at radius 1 is 1.09 bits per heavy atom. The van der Waals surface area contributed by atoms with E-state index in [2.05, 4.69) is 5.32 Å². The summed E-state index contributed by atoms with van der Waals surface area (Å²) in [5.41, 5.74) is 0.818. The molecule has 0 unspecified atom stereocenters. The monoisotopic (exact) mass is 319 g/mol. The van der Waals surface area contributed by atoms with Crippen molar-refractivity contribution in [2.45, 2.75) is 32.9 Å². The quantitative estimate of drug-likeness (QED) is 0.613. The highest BCUT2D eigenvalue weighted by molar-refractivity contribution is 5.91. The average molecular weight is 319 g/mol. The summed E-state index contributed by atoms with van der Waals surface area (Å²) >= 11 is 0. The van der Waals surface area contributed by atoms with E-state index in [-0.39, 0.29) is 18.6 Å². The molecule has 0 spiro atoms. The van der Waals surface area contributed by atoms with Gasteiger partial charge in [-0.1, -0.05) is 30.3 Å². The molecule has 1 aromatic rings. The fraction of sp³-hybridized carbons (Fsp3) is 0.353. The largest absolute Gasteiger partial charge is 0.460 e. The third kappa shape index (κ3) is 7.80. The molecule has 6 heteroatoms. The number of amides is 1. The minimum Gasteiger partial charge on any atom is -0.460 e. The Morgan fingerprint density at radius 3 is 2.26 bits per heavy atom. The summed E-state index contributed by atoms with van der Waals surface area (Å²) < 4.78 is 9.92. The van der Waals surface area contributed by atoms with Gasteiger partial charge in [-0.25, -0.2) is 9.59 Å². The average Bonchev–Trinajstić information content (AvgIpc) is 2.49. The van der Waals surface area contributed by atoms with Crippen LogP contribution in [0.5, 0.6) is 0 Å². The third-order valence-corrected chi connectivity index (χ3v) is 2.68. The smallest absolute Gasteiger partial charge is 0.331 e. The van der Waals surface area contributed by atoms with Crippen LogP contribution in [0, 0.1) is 0 Å². The maximum Gasteiger partial charge on any atom is 0.331 e. The molecule has 1 atom stereocenters. The Balaban J connectivity index is 2.57. The maximum absolute atomic E-state index is 11.6. The Bertz CT molecular complexity index is 566. The summed E-state index contributed by atoms with van der Waals surface area (Å²) in [6.45, 7) is 4.77. The summed E-state index contributed by atoms with van der Waals surface area (Å²) in [5, 5.41) is 2.71. The molecule has 0 saturated carbocycles. The van der Waals surface area contributed by atoms with Crippen molar-refractivity contribution >= 4 is 17.8 Å². The lowest BCUT2D eigenvalue weighted by Gasteiger charge is -2.17. The SMILES string of the molecule is CC(=O)N[C@H](COC(=O)/C=C/C(=O)OC(C)C)c1ccccc1. The molecule has 0 aliphatic carbocycles. The lowest BCUT2D eigenvalue weighted by atomic mass is 10.1. The molecule has 0 aromatic heterocycles. The van der Waals surface area contributed by atoms with E-state index in [1.165, 1.54) is 6.92 Å². The van der Waals surface area contributed by atoms with Gasteiger partial charge in [0.1, 0.15) is 6.61 Å². The minimum atomic E-state index is -0.683. The van der Waals surface area contributed by atoms with Crippen LogP contribution >= 0.6 is 0 Å². The molecule has 0 heterocycles. The third-order valence-electron chi connectivity index (χ3n) is 2.68. The van der Waals surface area contributed by atoms with E-state index < -0.39 is 18.0 Å². The van der Waals surface area contributed by atoms with E-state index >= 15 is 0 Å². The van der Waals surface area contributed by atoms with Gasteiger partial charge in [0.2, 0.25) is 5.91 Å². The Labute approximate surface area is 135 Å². The minimum absolute atomic E-state index is 0.0357. The second-order valence-electron chi connectivity index (χ2n) is 5.11. The van der Waals surface area contributed by atoms with Crippen molar-refractivity contribution in [1.82, 2.24) is 5.32 Å². The zero-order valence-corrected chi connectivity index (χ0v) is 13.4. The van der Waals surface area contributed by atoms with E-state index in [9.17, 15) is 14.4 Å². The first-order valence-corrected chi connectivity index (χ1v) is 7.26. The van der Waals surface area contributed by atoms with Gasteiger partial charge in [0, 0.05) is 19.1 Å². The number of carbonyl (C=O) groups excluding carboxylic acids is 3. The molecule has 0 aliphatic rings. The lowest BCUT2D eigenvalue weighted by molar-refractivity contribution is -0.143. The number of esters is 2. The fourth-order valence-corrected chi connectivity index (χ4v) is 1.77. The van der Waals surface area contributed by atoms with Gasteiger partial charge >= 0.3 is 11.9 Å². The predicted octanol–water partition coefficient (Wildman–Crippen LogP) is 1.91. The highest BCUT2D eigenvalue weighted by Gasteiger charge is 2.14. The number of benzene rings is 1. The van der Waals surface area contributed by atoms with Crippen molar-refractivity contribution in [3.05, 3.63) is 48.0 Å². The predicted molar refractivity (Wildman–Crippen MR) is 84.3 cm³/mol. The zero-order valence-electron chi connectivity index (χ0n) is 13.4. The van der Waals surface area contributed by atoms with Gasteiger partial charge in [-0.05, 0) is 19.4 Å². The van der Waals surface area contributed by atoms with Crippen molar-refractivity contribution in [3.8, 4) is 0 Å². The molecule has 1 N–H and O–H groups in total. The molecule has 0 saturated heterocycles. The van der Waals surface area contributed by atoms with Gasteiger partial charge in [0.05, 0.1) is 12.1 Å². The lowest BCUT2D eigenvalue weighted by Crippen LogP contribution is -2.30. The molecule has 1 aromatic carbocycles. The van der Waals surface area contributed by atoms with Crippen LogP contribution in [0.15, 0.2) is 42.5 Å². The molecule has 124 valence electrons. The number of carbonyl (C=O) groups is 3. The van der Waals surface area contributed by atoms with Crippen LogP contribution in [-0.2, 0) is 23.9 Å². The van der Waals surface area contributed by atoms with Gasteiger partial charge in [-0.3, -0.25) is 4.79 Å². The first-order valence-electron chi connectivity index (χ1n) is 7.26. The molecule has 6 nitrogen and oxygen atoms in total. The molecule has 23 heavy (non-hydrogen) atoms. The second-order valence-corrected chi connectivity index (χ2v) is 5.11. The number of nitrogens with one attached hydrogen (secondary N) is 1. The molecular weight excluding hydrogens is 298 g/mol. The molecule has 1 amide bonds. The van der Waals surface area contributed by atoms with Crippen molar-refractivity contribution in [1.29, 1.82) is 0 Å². The van der Waals surface area contributed by atoms with Crippen molar-refractivity contribution in [2.75, 3.05) is 6.61 Å². The van der Waals surface area contributed by atoms with Crippen LogP contribution in [0.4, 0.5) is 0 Å². The van der Waals surface area contributed by atoms with E-state index in [1.54, 1.807) is 13.8 Å². The van der Waals surface area contributed by atoms with E-state index in [1.807, 2.05) is 30.3 Å². The molecule has 1 rings (SSSR count). The van der Waals surface area contributed by atoms with Crippen molar-refractivity contribution in [2.24, 2.45) is 0 Å². The Kier molecular flexibility index (Phi) is 7.53. The van der Waals surface area contributed by atoms with E-state index in [0.29, 0.717) is 0 Å². The maximum atomic E-state index is 11.6. The molecule has 0 fully saturated rings. The van der Waals surface area contributed by atoms with Crippen LogP contribution in [-0.4, -0.2) is 30.6 Å². The van der Waals surface area contributed by atoms with Gasteiger partial charge in [0.15, 0.2) is 0 Å². The molecule has 0 aliphatic heterocycles. The number of hydrogen-bond acceptors (Lipinski definition) is 5. The summed E-state index contributed by atoms with van der Waals surface area (Å²) in [6, 6.07) is 8.70. The van der Waals surface area contributed by atoms with E-state index in [0.717, 1.165) is 17.7 Å². The van der Waals surface area contributed by atoms with Crippen LogP contribution in [0.1, 0.15) is 32.4 Å². The first kappa shape index (κ1) is 18.4. The first-order chi connectivity index (χ1) is 10.9. The molecule has 0 radical (unpaired) electrons. The van der Waals surface area contributed by atoms with Crippen LogP contribution < -0.4 is 5.32 Å². The van der Waals surface area contributed by atoms with Crippen LogP contribution in [0.25, 0.3) is 0 Å². The van der Waals surface area contributed by atoms with Crippen molar-refractivity contribution < 1.29 is 23.9 Å². The summed E-state index contributed by atoms with van der Waals surface area (Å²) in [7, 11) is 0. The summed E-state index contributed by atoms with van der Waals surface area (Å²) in [5.74, 6) is -1.53. The highest BCUT2D eigenvalue weighted by atomic mass is 16.5. The number of hydrogen-bond donors (Lipinski definition) is 1. The standard InChI is InChI=1S/C17H21NO5/c1-12(2)23-17(21)10-9-16(20)22-11-15(18-13(3)19)14-7-5-4-6-8-14/h4-10,12,15H,11H2,1-3H3,(H,18,19)/b10-9+/t15-/m1/s1. The van der Waals surface area contributed by atoms with Gasteiger partial charge in [-0.15, -0.1) is 0 Å². The summed E-state index contributed by atoms with van der Waals surface area (Å²) in [4.78, 5) is 34.2. The Morgan fingerprint density at radius 2 is 1.70 bits per heavy atom. The number of rotatable bonds is 7. The van der Waals surface area contributed by atoms with Gasteiger partial charge in [-0.2, -0.15) is 0 Å². The van der Waals surface area contributed by atoms with Gasteiger partial charge < -0.3 is 14.8 Å². The second kappa shape index (κ2) is 9.40. The zero-order chi connectivity index (χ0) is 17.2. The van der Waals surface area contributed by atoms with Crippen LogP contribution in [0.2, 0.25) is 0 Å². The topological polar surface area (TPSA) is 81.7 Å². The van der Waals surface area contributed by atoms with Gasteiger partial charge in [0.25, 0.3) is 0 Å².